The highest BCUT2D eigenvalue weighted by atomic mass is 16.6. The Hall–Kier alpha value is -3.23. The van der Waals surface area contributed by atoms with Crippen molar-refractivity contribution >= 4 is 17.9 Å². The summed E-state index contributed by atoms with van der Waals surface area (Å²) in [5, 5.41) is 11.6. The number of hydrogen-bond donors (Lipinski definition) is 0. The van der Waals surface area contributed by atoms with Gasteiger partial charge in [-0.15, -0.1) is 0 Å². The molecule has 0 aliphatic carbocycles. The fourth-order valence-electron chi connectivity index (χ4n) is 6.10. The van der Waals surface area contributed by atoms with Gasteiger partial charge in [0, 0.05) is 19.3 Å². The number of carboxylic acid groups (broad SMARTS) is 1. The summed E-state index contributed by atoms with van der Waals surface area (Å²) in [5.74, 6) is -1.83. The Morgan fingerprint density at radius 1 is 0.544 bits per heavy atom. The molecule has 8 heteroatoms. The van der Waals surface area contributed by atoms with Crippen molar-refractivity contribution in [3.05, 3.63) is 72.9 Å². The zero-order valence-electron chi connectivity index (χ0n) is 37.0. The zero-order valence-corrected chi connectivity index (χ0v) is 37.0. The fourth-order valence-corrected chi connectivity index (χ4v) is 6.10. The number of allylic oxidation sites excluding steroid dienone is 12. The van der Waals surface area contributed by atoms with E-state index in [4.69, 9.17) is 14.2 Å². The molecule has 57 heavy (non-hydrogen) atoms. The van der Waals surface area contributed by atoms with E-state index in [1.54, 1.807) is 21.1 Å². The standard InChI is InChI=1S/C49H83NO7/c1-6-8-10-12-14-16-18-20-22-24-26-28-30-32-34-36-38-40-48(52)57-45(43-55-42-41-46(49(53)54)50(3,4)5)44-56-47(51)39-37-35-33-31-29-27-25-23-21-19-17-15-13-11-9-7-2/h9,11,15,17,20-23,26,28,32,34,45-46H,6-8,10,12-14,16,18-19,24-25,27,29-31,33,35-44H2,1-5H3/b11-9+,17-15+,22-20+,23-21+,28-26+,34-32+. The second kappa shape index (κ2) is 39.6. The topological polar surface area (TPSA) is 102 Å². The molecule has 2 atom stereocenters. The third-order valence-electron chi connectivity index (χ3n) is 9.58. The number of aliphatic carboxylic acids is 1. The number of carbonyl (C=O) groups excluding carboxylic acids is 3. The van der Waals surface area contributed by atoms with E-state index in [9.17, 15) is 19.5 Å². The van der Waals surface area contributed by atoms with Crippen LogP contribution in [0.5, 0.6) is 0 Å². The monoisotopic (exact) mass is 798 g/mol. The van der Waals surface area contributed by atoms with Crippen molar-refractivity contribution in [1.82, 2.24) is 0 Å². The van der Waals surface area contributed by atoms with Crippen LogP contribution in [0.25, 0.3) is 0 Å². The highest BCUT2D eigenvalue weighted by molar-refractivity contribution is 5.70. The van der Waals surface area contributed by atoms with Gasteiger partial charge in [-0.2, -0.15) is 0 Å². The lowest BCUT2D eigenvalue weighted by Gasteiger charge is -2.34. The molecule has 0 saturated carbocycles. The first-order valence-electron chi connectivity index (χ1n) is 22.5. The Morgan fingerprint density at radius 3 is 1.51 bits per heavy atom. The van der Waals surface area contributed by atoms with Gasteiger partial charge < -0.3 is 28.6 Å². The summed E-state index contributed by atoms with van der Waals surface area (Å²) >= 11 is 0. The molecule has 0 fully saturated rings. The maximum absolute atomic E-state index is 12.7. The molecule has 8 nitrogen and oxygen atoms in total. The minimum Gasteiger partial charge on any atom is -0.544 e. The van der Waals surface area contributed by atoms with Crippen molar-refractivity contribution in [2.75, 3.05) is 41.0 Å². The third-order valence-corrected chi connectivity index (χ3v) is 9.58. The summed E-state index contributed by atoms with van der Waals surface area (Å²) in [5.41, 5.74) is 0. The highest BCUT2D eigenvalue weighted by Gasteiger charge is 2.25. The number of likely N-dealkylation sites (N-methyl/N-ethyl adjacent to an activating group) is 1. The van der Waals surface area contributed by atoms with Crippen molar-refractivity contribution in [3.63, 3.8) is 0 Å². The van der Waals surface area contributed by atoms with Crippen LogP contribution in [0.15, 0.2) is 72.9 Å². The van der Waals surface area contributed by atoms with Crippen LogP contribution >= 0.6 is 0 Å². The Kier molecular flexibility index (Phi) is 37.3. The molecular formula is C49H83NO7. The normalized spacial score (nSPS) is 13.6. The van der Waals surface area contributed by atoms with Crippen LogP contribution in [-0.4, -0.2) is 75.5 Å². The average Bonchev–Trinajstić information content (AvgIpc) is 3.17. The predicted octanol–water partition coefficient (Wildman–Crippen LogP) is 11.0. The molecule has 0 saturated heterocycles. The van der Waals surface area contributed by atoms with Gasteiger partial charge in [0.2, 0.25) is 0 Å². The van der Waals surface area contributed by atoms with Gasteiger partial charge in [0.25, 0.3) is 0 Å². The second-order valence-electron chi connectivity index (χ2n) is 15.9. The van der Waals surface area contributed by atoms with Crippen LogP contribution in [0.4, 0.5) is 0 Å². The van der Waals surface area contributed by atoms with Crippen LogP contribution in [-0.2, 0) is 28.6 Å². The number of hydrogen-bond acceptors (Lipinski definition) is 7. The maximum Gasteiger partial charge on any atom is 0.306 e. The number of rotatable bonds is 39. The number of nitrogens with zero attached hydrogens (tertiary/aromatic N) is 1. The van der Waals surface area contributed by atoms with E-state index in [1.807, 2.05) is 0 Å². The molecule has 0 spiro atoms. The van der Waals surface area contributed by atoms with Crippen LogP contribution in [0, 0.1) is 0 Å². The molecule has 0 aromatic heterocycles. The van der Waals surface area contributed by atoms with Crippen molar-refractivity contribution < 1.29 is 38.2 Å². The fraction of sp³-hybridized carbons (Fsp3) is 0.694. The quantitative estimate of drug-likeness (QED) is 0.0264. The smallest absolute Gasteiger partial charge is 0.306 e. The molecule has 0 aromatic rings. The number of quaternary nitrogens is 1. The highest BCUT2D eigenvalue weighted by Crippen LogP contribution is 2.12. The Labute approximate surface area is 349 Å². The van der Waals surface area contributed by atoms with E-state index < -0.39 is 18.1 Å². The number of unbranched alkanes of at least 4 members (excludes halogenated alkanes) is 13. The van der Waals surface area contributed by atoms with Gasteiger partial charge in [-0.05, 0) is 77.0 Å². The second-order valence-corrected chi connectivity index (χ2v) is 15.9. The average molecular weight is 798 g/mol. The van der Waals surface area contributed by atoms with Crippen LogP contribution < -0.4 is 5.11 Å². The SMILES string of the molecule is CC/C=C/C/C=C/C/C=C/CCCCCCCCC(=O)OCC(COCCC(C(=O)[O-])[N+](C)(C)C)OC(=O)CCC/C=C/C/C=C/C/C=C/CCCCCCCC. The van der Waals surface area contributed by atoms with E-state index in [0.717, 1.165) is 70.6 Å². The molecule has 0 radical (unpaired) electrons. The zero-order chi connectivity index (χ0) is 42.1. The Balaban J connectivity index is 4.45. The van der Waals surface area contributed by atoms with E-state index in [1.165, 1.54) is 57.8 Å². The summed E-state index contributed by atoms with van der Waals surface area (Å²) in [6, 6.07) is -0.740. The van der Waals surface area contributed by atoms with Crippen molar-refractivity contribution in [3.8, 4) is 0 Å². The van der Waals surface area contributed by atoms with Crippen molar-refractivity contribution in [1.29, 1.82) is 0 Å². The van der Waals surface area contributed by atoms with Crippen LogP contribution in [0.3, 0.4) is 0 Å². The molecule has 0 heterocycles. The molecule has 0 amide bonds. The van der Waals surface area contributed by atoms with Crippen molar-refractivity contribution in [2.24, 2.45) is 0 Å². The van der Waals surface area contributed by atoms with Gasteiger partial charge in [-0.3, -0.25) is 9.59 Å². The first-order valence-corrected chi connectivity index (χ1v) is 22.5. The third kappa shape index (κ3) is 38.1. The lowest BCUT2D eigenvalue weighted by atomic mass is 10.1. The number of esters is 2. The van der Waals surface area contributed by atoms with Gasteiger partial charge in [0.05, 0.1) is 40.3 Å². The summed E-state index contributed by atoms with van der Waals surface area (Å²) < 4.78 is 17.1. The molecule has 0 rings (SSSR count). The molecule has 2 unspecified atom stereocenters. The van der Waals surface area contributed by atoms with E-state index in [2.05, 4.69) is 86.8 Å². The Bertz CT molecular complexity index is 1160. The molecule has 0 aromatic carbocycles. The molecule has 326 valence electrons. The van der Waals surface area contributed by atoms with E-state index >= 15 is 0 Å². The van der Waals surface area contributed by atoms with Gasteiger partial charge in [0.1, 0.15) is 12.6 Å². The molecule has 0 N–H and O–H groups in total. The van der Waals surface area contributed by atoms with Gasteiger partial charge in [0.15, 0.2) is 6.10 Å². The molecule has 0 aliphatic heterocycles. The summed E-state index contributed by atoms with van der Waals surface area (Å²) in [4.78, 5) is 36.8. The van der Waals surface area contributed by atoms with Crippen LogP contribution in [0.2, 0.25) is 0 Å². The largest absolute Gasteiger partial charge is 0.544 e. The van der Waals surface area contributed by atoms with Gasteiger partial charge >= 0.3 is 11.9 Å². The molecule has 0 bridgehead atoms. The number of carboxylic acids is 1. The summed E-state index contributed by atoms with van der Waals surface area (Å²) in [6.07, 6.45) is 49.3. The minimum atomic E-state index is -1.14. The molecule has 0 aliphatic rings. The number of ether oxygens (including phenoxy) is 3. The van der Waals surface area contributed by atoms with Crippen molar-refractivity contribution in [2.45, 2.75) is 180 Å². The van der Waals surface area contributed by atoms with E-state index in [0.29, 0.717) is 12.8 Å². The van der Waals surface area contributed by atoms with Gasteiger partial charge in [-0.1, -0.05) is 145 Å². The predicted molar refractivity (Wildman–Crippen MR) is 235 cm³/mol. The Morgan fingerprint density at radius 2 is 1.00 bits per heavy atom. The maximum atomic E-state index is 12.7. The molecular weight excluding hydrogens is 715 g/mol. The van der Waals surface area contributed by atoms with E-state index in [-0.39, 0.29) is 49.1 Å². The first kappa shape index (κ1) is 53.8. The summed E-state index contributed by atoms with van der Waals surface area (Å²) in [6.45, 7) is 4.46. The number of carbonyl (C=O) groups is 3. The first-order chi connectivity index (χ1) is 27.6. The lowest BCUT2D eigenvalue weighted by Crippen LogP contribution is -2.55. The lowest BCUT2D eigenvalue weighted by molar-refractivity contribution is -0.889. The minimum absolute atomic E-state index is 0.0128. The van der Waals surface area contributed by atoms with Gasteiger partial charge in [-0.25, -0.2) is 0 Å². The summed E-state index contributed by atoms with van der Waals surface area (Å²) in [7, 11) is 5.38. The van der Waals surface area contributed by atoms with Crippen LogP contribution in [0.1, 0.15) is 168 Å².